The Morgan fingerprint density at radius 3 is 2.50 bits per heavy atom. The molecule has 1 atom stereocenters. The first-order valence-corrected chi connectivity index (χ1v) is 3.12. The van der Waals surface area contributed by atoms with Crippen LogP contribution < -0.4 is 0 Å². The van der Waals surface area contributed by atoms with Crippen LogP contribution in [0.4, 0.5) is 8.78 Å². The molecule has 0 saturated heterocycles. The van der Waals surface area contributed by atoms with Gasteiger partial charge < -0.3 is 5.11 Å². The van der Waals surface area contributed by atoms with Crippen LogP contribution in [0.3, 0.4) is 0 Å². The number of aliphatic hydroxyl groups is 1. The molecule has 0 aromatic carbocycles. The first-order valence-electron chi connectivity index (χ1n) is 3.12. The maximum atomic E-state index is 11.9. The van der Waals surface area contributed by atoms with Crippen LogP contribution in [-0.2, 0) is 0 Å². The molecule has 1 unspecified atom stereocenters. The summed E-state index contributed by atoms with van der Waals surface area (Å²) in [6.45, 7) is 4.49. The molecule has 1 N–H and O–H groups in total. The molecular formula is C7H12F2O. The minimum Gasteiger partial charge on any atom is -0.384 e. The van der Waals surface area contributed by atoms with E-state index in [1.54, 1.807) is 0 Å². The summed E-state index contributed by atoms with van der Waals surface area (Å²) in [4.78, 5) is 0. The van der Waals surface area contributed by atoms with Gasteiger partial charge in [0.05, 0.1) is 0 Å². The van der Waals surface area contributed by atoms with Gasteiger partial charge in [0.25, 0.3) is 6.43 Å². The summed E-state index contributed by atoms with van der Waals surface area (Å²) in [5.74, 6) is 0. The number of rotatable bonds is 4. The summed E-state index contributed by atoms with van der Waals surface area (Å²) in [6, 6.07) is 0. The largest absolute Gasteiger partial charge is 0.384 e. The van der Waals surface area contributed by atoms with Crippen LogP contribution in [0.5, 0.6) is 0 Å². The van der Waals surface area contributed by atoms with E-state index >= 15 is 0 Å². The van der Waals surface area contributed by atoms with E-state index in [4.69, 9.17) is 5.11 Å². The highest BCUT2D eigenvalue weighted by Crippen LogP contribution is 2.20. The van der Waals surface area contributed by atoms with Gasteiger partial charge in [-0.1, -0.05) is 6.08 Å². The van der Waals surface area contributed by atoms with Crippen molar-refractivity contribution in [2.75, 3.05) is 0 Å². The third-order valence-electron chi connectivity index (χ3n) is 1.32. The molecule has 0 aromatic heterocycles. The molecule has 0 aliphatic carbocycles. The molecule has 0 amide bonds. The minimum atomic E-state index is -2.67. The number of hydrogen-bond acceptors (Lipinski definition) is 1. The predicted octanol–water partition coefficient (Wildman–Crippen LogP) is 1.97. The number of halogens is 2. The molecule has 0 bridgehead atoms. The quantitative estimate of drug-likeness (QED) is 0.607. The maximum Gasteiger partial charge on any atom is 0.266 e. The Balaban J connectivity index is 3.74. The molecule has 0 radical (unpaired) electrons. The lowest BCUT2D eigenvalue weighted by atomic mass is 10.0. The fourth-order valence-corrected chi connectivity index (χ4v) is 0.503. The first kappa shape index (κ1) is 9.56. The third-order valence-corrected chi connectivity index (χ3v) is 1.32. The maximum absolute atomic E-state index is 11.9. The summed E-state index contributed by atoms with van der Waals surface area (Å²) in [5.41, 5.74) is -1.85. The zero-order valence-corrected chi connectivity index (χ0v) is 5.98. The van der Waals surface area contributed by atoms with Crippen molar-refractivity contribution in [1.82, 2.24) is 0 Å². The molecule has 60 valence electrons. The second kappa shape index (κ2) is 3.66. The molecule has 0 aromatic rings. The Bertz CT molecular complexity index is 110. The van der Waals surface area contributed by atoms with Crippen LogP contribution in [0.25, 0.3) is 0 Å². The van der Waals surface area contributed by atoms with Gasteiger partial charge in [-0.25, -0.2) is 8.78 Å². The van der Waals surface area contributed by atoms with E-state index in [1.165, 1.54) is 6.08 Å². The number of alkyl halides is 2. The second-order valence-electron chi connectivity index (χ2n) is 2.49. The minimum absolute atomic E-state index is 0.0637. The van der Waals surface area contributed by atoms with Crippen LogP contribution in [0, 0.1) is 0 Å². The van der Waals surface area contributed by atoms with E-state index in [-0.39, 0.29) is 6.42 Å². The van der Waals surface area contributed by atoms with E-state index in [0.717, 1.165) is 6.92 Å². The van der Waals surface area contributed by atoms with Crippen molar-refractivity contribution in [2.45, 2.75) is 31.8 Å². The van der Waals surface area contributed by atoms with E-state index in [1.807, 2.05) is 0 Å². The lowest BCUT2D eigenvalue weighted by Crippen LogP contribution is -2.32. The Morgan fingerprint density at radius 2 is 2.20 bits per heavy atom. The number of allylic oxidation sites excluding steroid dienone is 1. The van der Waals surface area contributed by atoms with Crippen molar-refractivity contribution in [3.05, 3.63) is 12.7 Å². The van der Waals surface area contributed by atoms with Crippen molar-refractivity contribution in [2.24, 2.45) is 0 Å². The fraction of sp³-hybridized carbons (Fsp3) is 0.714. The van der Waals surface area contributed by atoms with Gasteiger partial charge in [0.15, 0.2) is 0 Å². The van der Waals surface area contributed by atoms with Crippen LogP contribution in [0.1, 0.15) is 19.8 Å². The van der Waals surface area contributed by atoms with Crippen LogP contribution >= 0.6 is 0 Å². The van der Waals surface area contributed by atoms with Crippen molar-refractivity contribution in [3.8, 4) is 0 Å². The Hall–Kier alpha value is -0.440. The summed E-state index contributed by atoms with van der Waals surface area (Å²) in [5, 5.41) is 8.93. The summed E-state index contributed by atoms with van der Waals surface area (Å²) >= 11 is 0. The van der Waals surface area contributed by atoms with Gasteiger partial charge in [-0.2, -0.15) is 0 Å². The molecule has 10 heavy (non-hydrogen) atoms. The van der Waals surface area contributed by atoms with Gasteiger partial charge in [-0.05, 0) is 19.8 Å². The highest BCUT2D eigenvalue weighted by atomic mass is 19.3. The molecular weight excluding hydrogens is 138 g/mol. The van der Waals surface area contributed by atoms with Crippen molar-refractivity contribution in [3.63, 3.8) is 0 Å². The SMILES string of the molecule is C=CCCC(C)(O)C(F)F. The van der Waals surface area contributed by atoms with Gasteiger partial charge in [-0.3, -0.25) is 0 Å². The Morgan fingerprint density at radius 1 is 1.70 bits per heavy atom. The van der Waals surface area contributed by atoms with E-state index in [2.05, 4.69) is 6.58 Å². The van der Waals surface area contributed by atoms with Gasteiger partial charge in [0, 0.05) is 0 Å². The lowest BCUT2D eigenvalue weighted by molar-refractivity contribution is -0.0870. The molecule has 0 rings (SSSR count). The van der Waals surface area contributed by atoms with Gasteiger partial charge in [-0.15, -0.1) is 6.58 Å². The molecule has 0 heterocycles. The summed E-state index contributed by atoms with van der Waals surface area (Å²) in [7, 11) is 0. The number of hydrogen-bond donors (Lipinski definition) is 1. The molecule has 3 heteroatoms. The molecule has 0 fully saturated rings. The molecule has 1 nitrogen and oxygen atoms in total. The molecule has 0 aliphatic rings. The molecule has 0 spiro atoms. The average molecular weight is 150 g/mol. The topological polar surface area (TPSA) is 20.2 Å². The van der Waals surface area contributed by atoms with Crippen LogP contribution in [-0.4, -0.2) is 17.1 Å². The predicted molar refractivity (Wildman–Crippen MR) is 36.1 cm³/mol. The first-order chi connectivity index (χ1) is 4.50. The zero-order valence-electron chi connectivity index (χ0n) is 5.98. The second-order valence-corrected chi connectivity index (χ2v) is 2.49. The van der Waals surface area contributed by atoms with Gasteiger partial charge in [0.1, 0.15) is 5.60 Å². The smallest absolute Gasteiger partial charge is 0.266 e. The van der Waals surface area contributed by atoms with E-state index in [0.29, 0.717) is 6.42 Å². The molecule has 0 saturated carbocycles. The summed E-state index contributed by atoms with van der Waals surface area (Å²) < 4.78 is 23.7. The average Bonchev–Trinajstić information content (AvgIpc) is 1.84. The van der Waals surface area contributed by atoms with Gasteiger partial charge in [0.2, 0.25) is 0 Å². The lowest BCUT2D eigenvalue weighted by Gasteiger charge is -2.20. The fourth-order valence-electron chi connectivity index (χ4n) is 0.503. The Kier molecular flexibility index (Phi) is 3.50. The summed E-state index contributed by atoms with van der Waals surface area (Å²) in [6.07, 6.45) is -0.685. The van der Waals surface area contributed by atoms with Crippen molar-refractivity contribution in [1.29, 1.82) is 0 Å². The van der Waals surface area contributed by atoms with E-state index < -0.39 is 12.0 Å². The normalized spacial score (nSPS) is 16.9. The van der Waals surface area contributed by atoms with Crippen LogP contribution in [0.2, 0.25) is 0 Å². The standard InChI is InChI=1S/C7H12F2O/c1-3-4-5-7(2,10)6(8)9/h3,6,10H,1,4-5H2,2H3. The molecule has 0 aliphatic heterocycles. The van der Waals surface area contributed by atoms with Crippen molar-refractivity contribution < 1.29 is 13.9 Å². The zero-order chi connectivity index (χ0) is 8.20. The highest BCUT2D eigenvalue weighted by Gasteiger charge is 2.30. The van der Waals surface area contributed by atoms with Crippen molar-refractivity contribution >= 4 is 0 Å². The Labute approximate surface area is 59.4 Å². The van der Waals surface area contributed by atoms with Crippen LogP contribution in [0.15, 0.2) is 12.7 Å². The monoisotopic (exact) mass is 150 g/mol. The third kappa shape index (κ3) is 2.92. The highest BCUT2D eigenvalue weighted by molar-refractivity contribution is 4.79. The van der Waals surface area contributed by atoms with E-state index in [9.17, 15) is 8.78 Å². The van der Waals surface area contributed by atoms with Gasteiger partial charge >= 0.3 is 0 Å².